The van der Waals surface area contributed by atoms with Crippen LogP contribution in [0.15, 0.2) is 18.2 Å². The summed E-state index contributed by atoms with van der Waals surface area (Å²) in [5, 5.41) is 5.02. The van der Waals surface area contributed by atoms with Crippen molar-refractivity contribution in [2.24, 2.45) is 5.92 Å². The van der Waals surface area contributed by atoms with Gasteiger partial charge in [-0.3, -0.25) is 4.79 Å². The average Bonchev–Trinajstić information content (AvgIpc) is 2.83. The zero-order valence-corrected chi connectivity index (χ0v) is 13.8. The van der Waals surface area contributed by atoms with E-state index in [0.29, 0.717) is 6.54 Å². The van der Waals surface area contributed by atoms with E-state index in [1.165, 1.54) is 24.8 Å². The predicted molar refractivity (Wildman–Crippen MR) is 91.3 cm³/mol. The van der Waals surface area contributed by atoms with Gasteiger partial charge < -0.3 is 10.3 Å². The van der Waals surface area contributed by atoms with Crippen molar-refractivity contribution in [3.05, 3.63) is 34.5 Å². The number of carbonyl (C=O) groups is 1. The average molecular weight is 319 g/mol. The molecule has 3 rings (SSSR count). The fourth-order valence-corrected chi connectivity index (χ4v) is 3.67. The van der Waals surface area contributed by atoms with Gasteiger partial charge in [-0.2, -0.15) is 0 Å². The van der Waals surface area contributed by atoms with Crippen molar-refractivity contribution >= 4 is 28.4 Å². The zero-order chi connectivity index (χ0) is 15.5. The number of benzene rings is 1. The molecule has 1 amide bonds. The molecule has 0 aliphatic heterocycles. The standard InChI is InChI=1S/C18H23ClN2O/c1-12-15(16-11-14(19)7-8-17(16)21-12)9-10-20-18(22)13-5-3-2-4-6-13/h7-8,11,13,21H,2-6,9-10H2,1H3,(H,20,22). The molecule has 1 aliphatic carbocycles. The minimum atomic E-state index is 0.229. The fraction of sp³-hybridized carbons (Fsp3) is 0.500. The Morgan fingerprint density at radius 1 is 1.32 bits per heavy atom. The largest absolute Gasteiger partial charge is 0.358 e. The maximum absolute atomic E-state index is 12.2. The topological polar surface area (TPSA) is 44.9 Å². The molecule has 1 aromatic carbocycles. The van der Waals surface area contributed by atoms with Gasteiger partial charge in [0, 0.05) is 34.1 Å². The number of amides is 1. The molecule has 1 heterocycles. The highest BCUT2D eigenvalue weighted by Gasteiger charge is 2.20. The highest BCUT2D eigenvalue weighted by molar-refractivity contribution is 6.31. The van der Waals surface area contributed by atoms with E-state index in [4.69, 9.17) is 11.6 Å². The molecule has 1 aliphatic rings. The molecule has 1 fully saturated rings. The molecule has 3 nitrogen and oxygen atoms in total. The fourth-order valence-electron chi connectivity index (χ4n) is 3.50. The third-order valence-electron chi connectivity index (χ3n) is 4.73. The Balaban J connectivity index is 1.62. The molecule has 2 N–H and O–H groups in total. The van der Waals surface area contributed by atoms with Gasteiger partial charge in [-0.25, -0.2) is 0 Å². The summed E-state index contributed by atoms with van der Waals surface area (Å²) < 4.78 is 0. The van der Waals surface area contributed by atoms with E-state index in [1.807, 2.05) is 18.2 Å². The van der Waals surface area contributed by atoms with Gasteiger partial charge in [-0.05, 0) is 49.9 Å². The van der Waals surface area contributed by atoms with Gasteiger partial charge in [0.25, 0.3) is 0 Å². The second-order valence-electron chi connectivity index (χ2n) is 6.29. The smallest absolute Gasteiger partial charge is 0.223 e. The van der Waals surface area contributed by atoms with Crippen LogP contribution in [0.4, 0.5) is 0 Å². The van der Waals surface area contributed by atoms with Crippen molar-refractivity contribution in [2.75, 3.05) is 6.54 Å². The molecular formula is C18H23ClN2O. The number of aromatic amines is 1. The lowest BCUT2D eigenvalue weighted by Crippen LogP contribution is -2.33. The molecular weight excluding hydrogens is 296 g/mol. The minimum Gasteiger partial charge on any atom is -0.358 e. The van der Waals surface area contributed by atoms with Crippen LogP contribution in [-0.2, 0) is 11.2 Å². The molecule has 1 saturated carbocycles. The molecule has 0 atom stereocenters. The van der Waals surface area contributed by atoms with Gasteiger partial charge in [0.15, 0.2) is 0 Å². The number of halogens is 1. The van der Waals surface area contributed by atoms with Gasteiger partial charge in [-0.15, -0.1) is 0 Å². The second kappa shape index (κ2) is 6.74. The van der Waals surface area contributed by atoms with Crippen LogP contribution in [-0.4, -0.2) is 17.4 Å². The molecule has 22 heavy (non-hydrogen) atoms. The zero-order valence-electron chi connectivity index (χ0n) is 13.0. The SMILES string of the molecule is Cc1[nH]c2ccc(Cl)cc2c1CCNC(=O)C1CCCCC1. The predicted octanol–water partition coefficient (Wildman–Crippen LogP) is 4.37. The van der Waals surface area contributed by atoms with E-state index >= 15 is 0 Å². The first-order valence-electron chi connectivity index (χ1n) is 8.19. The van der Waals surface area contributed by atoms with E-state index in [1.54, 1.807) is 0 Å². The maximum Gasteiger partial charge on any atom is 0.223 e. The summed E-state index contributed by atoms with van der Waals surface area (Å²) in [6.45, 7) is 2.77. The Hall–Kier alpha value is -1.48. The summed E-state index contributed by atoms with van der Waals surface area (Å²) in [5.41, 5.74) is 3.51. The lowest BCUT2D eigenvalue weighted by atomic mass is 9.88. The summed E-state index contributed by atoms with van der Waals surface area (Å²) >= 11 is 6.10. The number of rotatable bonds is 4. The number of carbonyl (C=O) groups excluding carboxylic acids is 1. The van der Waals surface area contributed by atoms with Crippen LogP contribution in [0.5, 0.6) is 0 Å². The summed E-state index contributed by atoms with van der Waals surface area (Å²) in [7, 11) is 0. The Labute approximate surface area is 136 Å². The third-order valence-corrected chi connectivity index (χ3v) is 4.97. The second-order valence-corrected chi connectivity index (χ2v) is 6.73. The van der Waals surface area contributed by atoms with Crippen LogP contribution in [0, 0.1) is 12.8 Å². The molecule has 0 saturated heterocycles. The number of hydrogen-bond acceptors (Lipinski definition) is 1. The summed E-state index contributed by atoms with van der Waals surface area (Å²) in [6.07, 6.45) is 6.60. The van der Waals surface area contributed by atoms with Gasteiger partial charge in [-0.1, -0.05) is 30.9 Å². The van der Waals surface area contributed by atoms with Crippen molar-refractivity contribution in [1.82, 2.24) is 10.3 Å². The maximum atomic E-state index is 12.2. The van der Waals surface area contributed by atoms with Crippen LogP contribution in [0.2, 0.25) is 5.02 Å². The van der Waals surface area contributed by atoms with Gasteiger partial charge >= 0.3 is 0 Å². The van der Waals surface area contributed by atoms with Crippen LogP contribution >= 0.6 is 11.6 Å². The monoisotopic (exact) mass is 318 g/mol. The Morgan fingerprint density at radius 3 is 2.86 bits per heavy atom. The molecule has 0 spiro atoms. The summed E-state index contributed by atoms with van der Waals surface area (Å²) in [6, 6.07) is 5.90. The van der Waals surface area contributed by atoms with Crippen molar-refractivity contribution in [3.8, 4) is 0 Å². The van der Waals surface area contributed by atoms with E-state index < -0.39 is 0 Å². The highest BCUT2D eigenvalue weighted by Crippen LogP contribution is 2.26. The van der Waals surface area contributed by atoms with Crippen molar-refractivity contribution in [2.45, 2.75) is 45.4 Å². The number of nitrogens with one attached hydrogen (secondary N) is 2. The van der Waals surface area contributed by atoms with E-state index in [0.717, 1.165) is 40.9 Å². The van der Waals surface area contributed by atoms with Crippen molar-refractivity contribution in [1.29, 1.82) is 0 Å². The first-order chi connectivity index (χ1) is 10.6. The molecule has 0 bridgehead atoms. The first kappa shape index (κ1) is 15.4. The van der Waals surface area contributed by atoms with Crippen molar-refractivity contribution in [3.63, 3.8) is 0 Å². The molecule has 1 aromatic heterocycles. The van der Waals surface area contributed by atoms with Gasteiger partial charge in [0.05, 0.1) is 0 Å². The number of H-pyrrole nitrogens is 1. The van der Waals surface area contributed by atoms with Crippen LogP contribution in [0.25, 0.3) is 10.9 Å². The molecule has 118 valence electrons. The quantitative estimate of drug-likeness (QED) is 0.864. The minimum absolute atomic E-state index is 0.229. The Morgan fingerprint density at radius 2 is 2.09 bits per heavy atom. The van der Waals surface area contributed by atoms with Crippen LogP contribution in [0.3, 0.4) is 0 Å². The van der Waals surface area contributed by atoms with Crippen LogP contribution in [0.1, 0.15) is 43.4 Å². The Kier molecular flexibility index (Phi) is 4.72. The number of hydrogen-bond donors (Lipinski definition) is 2. The van der Waals surface area contributed by atoms with Gasteiger partial charge in [0.1, 0.15) is 0 Å². The van der Waals surface area contributed by atoms with Crippen molar-refractivity contribution < 1.29 is 4.79 Å². The lowest BCUT2D eigenvalue weighted by molar-refractivity contribution is -0.125. The summed E-state index contributed by atoms with van der Waals surface area (Å²) in [4.78, 5) is 15.6. The molecule has 4 heteroatoms. The normalized spacial score (nSPS) is 16.1. The molecule has 0 unspecified atom stereocenters. The number of fused-ring (bicyclic) bond motifs is 1. The third kappa shape index (κ3) is 3.30. The van der Waals surface area contributed by atoms with Crippen LogP contribution < -0.4 is 5.32 Å². The Bertz CT molecular complexity index is 671. The first-order valence-corrected chi connectivity index (χ1v) is 8.57. The lowest BCUT2D eigenvalue weighted by Gasteiger charge is -2.20. The van der Waals surface area contributed by atoms with E-state index in [-0.39, 0.29) is 11.8 Å². The number of aryl methyl sites for hydroxylation is 1. The molecule has 2 aromatic rings. The highest BCUT2D eigenvalue weighted by atomic mass is 35.5. The van der Waals surface area contributed by atoms with E-state index in [9.17, 15) is 4.79 Å². The van der Waals surface area contributed by atoms with E-state index in [2.05, 4.69) is 17.2 Å². The molecule has 0 radical (unpaired) electrons. The number of aromatic nitrogens is 1. The van der Waals surface area contributed by atoms with Gasteiger partial charge in [0.2, 0.25) is 5.91 Å². The summed E-state index contributed by atoms with van der Waals surface area (Å²) in [5.74, 6) is 0.461.